The Morgan fingerprint density at radius 2 is 2.00 bits per heavy atom. The van der Waals surface area contributed by atoms with E-state index in [9.17, 15) is 23.3 Å². The summed E-state index contributed by atoms with van der Waals surface area (Å²) in [6.07, 6.45) is -2.90. The molecule has 0 aliphatic carbocycles. The van der Waals surface area contributed by atoms with E-state index < -0.39 is 16.7 Å². The number of hydrogen-bond acceptors (Lipinski definition) is 4. The molecule has 0 amide bonds. The van der Waals surface area contributed by atoms with E-state index in [2.05, 4.69) is 4.98 Å². The van der Waals surface area contributed by atoms with Crippen LogP contribution < -0.4 is 4.90 Å². The fourth-order valence-corrected chi connectivity index (χ4v) is 2.66. The van der Waals surface area contributed by atoms with E-state index >= 15 is 0 Å². The summed E-state index contributed by atoms with van der Waals surface area (Å²) in [4.78, 5) is 15.9. The third-order valence-electron chi connectivity index (χ3n) is 3.55. The van der Waals surface area contributed by atoms with Gasteiger partial charge in [-0.3, -0.25) is 10.1 Å². The van der Waals surface area contributed by atoms with Gasteiger partial charge in [0.1, 0.15) is 0 Å². The van der Waals surface area contributed by atoms with Crippen LogP contribution in [-0.4, -0.2) is 16.5 Å². The summed E-state index contributed by atoms with van der Waals surface area (Å²) in [5.74, 6) is 0.0607. The van der Waals surface area contributed by atoms with Crippen molar-refractivity contribution in [3.8, 4) is 0 Å². The number of halogens is 3. The van der Waals surface area contributed by atoms with Crippen molar-refractivity contribution in [2.45, 2.75) is 12.6 Å². The van der Waals surface area contributed by atoms with Crippen LogP contribution in [0.3, 0.4) is 0 Å². The minimum atomic E-state index is -4.45. The summed E-state index contributed by atoms with van der Waals surface area (Å²) in [5, 5.41) is 11.1. The molecule has 0 unspecified atom stereocenters. The van der Waals surface area contributed by atoms with Crippen LogP contribution in [-0.2, 0) is 12.6 Å². The average Bonchev–Trinajstić information content (AvgIpc) is 2.89. The minimum Gasteiger partial charge on any atom is -0.320 e. The maximum absolute atomic E-state index is 13.0. The molecule has 3 rings (SSSR count). The van der Waals surface area contributed by atoms with Gasteiger partial charge in [0.15, 0.2) is 0 Å². The molecule has 0 atom stereocenters. The molecular formula is C14H10F3N3O2. The molecule has 22 heavy (non-hydrogen) atoms. The smallest absolute Gasteiger partial charge is 0.320 e. The summed E-state index contributed by atoms with van der Waals surface area (Å²) in [6.45, 7) is 0.222. The van der Waals surface area contributed by atoms with Gasteiger partial charge in [-0.25, -0.2) is 4.98 Å². The standard InChI is InChI=1S/C14H10F3N3O2/c15-14(16,17)10-3-1-4-11-9(10)6-8-19(11)13-12(20(21)22)5-2-7-18-13/h1-5,7H,6,8H2. The molecular weight excluding hydrogens is 299 g/mol. The Labute approximate surface area is 123 Å². The predicted octanol–water partition coefficient (Wildman–Crippen LogP) is 3.70. The molecule has 8 heteroatoms. The fourth-order valence-electron chi connectivity index (χ4n) is 2.66. The average molecular weight is 309 g/mol. The highest BCUT2D eigenvalue weighted by atomic mass is 19.4. The molecule has 114 valence electrons. The zero-order valence-electron chi connectivity index (χ0n) is 11.2. The van der Waals surface area contributed by atoms with Crippen molar-refractivity contribution in [3.63, 3.8) is 0 Å². The van der Waals surface area contributed by atoms with E-state index in [4.69, 9.17) is 0 Å². The molecule has 1 aliphatic heterocycles. The van der Waals surface area contributed by atoms with Crippen molar-refractivity contribution < 1.29 is 18.1 Å². The fraction of sp³-hybridized carbons (Fsp3) is 0.214. The number of aromatic nitrogens is 1. The first-order valence-corrected chi connectivity index (χ1v) is 6.45. The van der Waals surface area contributed by atoms with E-state index in [1.54, 1.807) is 0 Å². The minimum absolute atomic E-state index is 0.0607. The lowest BCUT2D eigenvalue weighted by molar-refractivity contribution is -0.384. The second-order valence-corrected chi connectivity index (χ2v) is 4.81. The Bertz CT molecular complexity index is 746. The molecule has 0 spiro atoms. The monoisotopic (exact) mass is 309 g/mol. The molecule has 0 fully saturated rings. The second-order valence-electron chi connectivity index (χ2n) is 4.81. The van der Waals surface area contributed by atoms with Crippen molar-refractivity contribution in [2.24, 2.45) is 0 Å². The van der Waals surface area contributed by atoms with Gasteiger partial charge in [0, 0.05) is 24.5 Å². The van der Waals surface area contributed by atoms with Gasteiger partial charge in [-0.2, -0.15) is 13.2 Å². The van der Waals surface area contributed by atoms with Crippen molar-refractivity contribution in [1.29, 1.82) is 0 Å². The van der Waals surface area contributed by atoms with Gasteiger partial charge < -0.3 is 4.90 Å². The molecule has 2 heterocycles. The quantitative estimate of drug-likeness (QED) is 0.627. The maximum atomic E-state index is 13.0. The number of nitrogens with zero attached hydrogens (tertiary/aromatic N) is 3. The molecule has 5 nitrogen and oxygen atoms in total. The lowest BCUT2D eigenvalue weighted by Gasteiger charge is -2.18. The van der Waals surface area contributed by atoms with Gasteiger partial charge in [-0.1, -0.05) is 6.07 Å². The van der Waals surface area contributed by atoms with Crippen molar-refractivity contribution in [2.75, 3.05) is 11.4 Å². The Morgan fingerprint density at radius 3 is 2.68 bits per heavy atom. The third-order valence-corrected chi connectivity index (χ3v) is 3.55. The lowest BCUT2D eigenvalue weighted by atomic mass is 10.0. The van der Waals surface area contributed by atoms with Gasteiger partial charge in [0.25, 0.3) is 0 Å². The molecule has 2 aromatic rings. The summed E-state index contributed by atoms with van der Waals surface area (Å²) in [5.41, 5.74) is -0.467. The van der Waals surface area contributed by atoms with Gasteiger partial charge >= 0.3 is 11.9 Å². The molecule has 1 aromatic carbocycles. The molecule has 0 bridgehead atoms. The zero-order chi connectivity index (χ0) is 15.9. The van der Waals surface area contributed by atoms with E-state index in [0.29, 0.717) is 5.69 Å². The number of fused-ring (bicyclic) bond motifs is 1. The van der Waals surface area contributed by atoms with Crippen molar-refractivity contribution in [1.82, 2.24) is 4.98 Å². The van der Waals surface area contributed by atoms with E-state index in [1.807, 2.05) is 0 Å². The molecule has 0 saturated carbocycles. The summed E-state index contributed by atoms with van der Waals surface area (Å²) in [7, 11) is 0. The number of alkyl halides is 3. The lowest BCUT2D eigenvalue weighted by Crippen LogP contribution is -2.16. The third kappa shape index (κ3) is 2.26. The number of rotatable bonds is 2. The largest absolute Gasteiger partial charge is 0.416 e. The highest BCUT2D eigenvalue weighted by molar-refractivity contribution is 5.74. The first-order chi connectivity index (χ1) is 10.4. The van der Waals surface area contributed by atoms with Gasteiger partial charge in [0.2, 0.25) is 5.82 Å². The Morgan fingerprint density at radius 1 is 1.23 bits per heavy atom. The van der Waals surface area contributed by atoms with Crippen LogP contribution in [0.1, 0.15) is 11.1 Å². The number of nitro groups is 1. The molecule has 0 N–H and O–H groups in total. The number of benzene rings is 1. The topological polar surface area (TPSA) is 59.3 Å². The maximum Gasteiger partial charge on any atom is 0.416 e. The molecule has 0 radical (unpaired) electrons. The van der Waals surface area contributed by atoms with Crippen LogP contribution >= 0.6 is 0 Å². The van der Waals surface area contributed by atoms with Gasteiger partial charge in [-0.15, -0.1) is 0 Å². The van der Waals surface area contributed by atoms with Crippen LogP contribution in [0.15, 0.2) is 36.5 Å². The first-order valence-electron chi connectivity index (χ1n) is 6.45. The van der Waals surface area contributed by atoms with Crippen LogP contribution in [0, 0.1) is 10.1 Å². The van der Waals surface area contributed by atoms with E-state index in [1.165, 1.54) is 35.4 Å². The highest BCUT2D eigenvalue weighted by Crippen LogP contribution is 2.43. The Balaban J connectivity index is 2.12. The van der Waals surface area contributed by atoms with Gasteiger partial charge in [-0.05, 0) is 30.2 Å². The number of anilines is 2. The number of hydrogen-bond donors (Lipinski definition) is 0. The summed E-state index contributed by atoms with van der Waals surface area (Å²) >= 11 is 0. The normalized spacial score (nSPS) is 14.0. The van der Waals surface area contributed by atoms with E-state index in [0.717, 1.165) is 6.07 Å². The van der Waals surface area contributed by atoms with Gasteiger partial charge in [0.05, 0.1) is 10.5 Å². The highest BCUT2D eigenvalue weighted by Gasteiger charge is 2.38. The van der Waals surface area contributed by atoms with Crippen molar-refractivity contribution >= 4 is 17.2 Å². The zero-order valence-corrected chi connectivity index (χ0v) is 11.2. The summed E-state index contributed by atoms with van der Waals surface area (Å²) < 4.78 is 39.1. The molecule has 1 aliphatic rings. The number of pyridine rings is 1. The molecule has 1 aromatic heterocycles. The van der Waals surface area contributed by atoms with Crippen LogP contribution in [0.25, 0.3) is 0 Å². The van der Waals surface area contributed by atoms with E-state index in [-0.39, 0.29) is 30.0 Å². The molecule has 0 saturated heterocycles. The Hall–Kier alpha value is -2.64. The van der Waals surface area contributed by atoms with Crippen molar-refractivity contribution in [3.05, 3.63) is 57.8 Å². The SMILES string of the molecule is O=[N+]([O-])c1cccnc1N1CCc2c1cccc2C(F)(F)F. The predicted molar refractivity (Wildman–Crippen MR) is 73.0 cm³/mol. The van der Waals surface area contributed by atoms with Crippen LogP contribution in [0.4, 0.5) is 30.4 Å². The second kappa shape index (κ2) is 4.97. The Kier molecular flexibility index (Phi) is 3.23. The van der Waals surface area contributed by atoms with Crippen LogP contribution in [0.5, 0.6) is 0 Å². The first kappa shape index (κ1) is 14.3. The van der Waals surface area contributed by atoms with Crippen LogP contribution in [0.2, 0.25) is 0 Å². The summed E-state index contributed by atoms with van der Waals surface area (Å²) in [6, 6.07) is 6.55.